The third-order valence-corrected chi connectivity index (χ3v) is 4.34. The number of hydrogen-bond donors (Lipinski definition) is 3. The van der Waals surface area contributed by atoms with Crippen molar-refractivity contribution in [3.63, 3.8) is 0 Å². The van der Waals surface area contributed by atoms with Crippen molar-refractivity contribution in [1.29, 1.82) is 0 Å². The fourth-order valence-electron chi connectivity index (χ4n) is 3.01. The molecule has 1 saturated heterocycles. The van der Waals surface area contributed by atoms with Gasteiger partial charge in [-0.15, -0.1) is 0 Å². The summed E-state index contributed by atoms with van der Waals surface area (Å²) in [5.74, 6) is -0.455. The molecule has 0 radical (unpaired) electrons. The second-order valence-corrected chi connectivity index (χ2v) is 6.46. The van der Waals surface area contributed by atoms with Crippen molar-refractivity contribution in [3.05, 3.63) is 64.2 Å². The van der Waals surface area contributed by atoms with Crippen LogP contribution in [0.4, 0.5) is 17.1 Å². The third kappa shape index (κ3) is 5.11. The fourth-order valence-corrected chi connectivity index (χ4v) is 3.01. The number of nitro benzene ring substituents is 1. The van der Waals surface area contributed by atoms with Gasteiger partial charge < -0.3 is 16.0 Å². The van der Waals surface area contributed by atoms with Gasteiger partial charge in [0, 0.05) is 35.5 Å². The second kappa shape index (κ2) is 8.41. The number of benzene rings is 2. The molecule has 0 aliphatic carbocycles. The maximum atomic E-state index is 12.5. The number of carbonyl (C=O) groups excluding carboxylic acids is 2. The number of nitrogens with zero attached hydrogens (tertiary/aromatic N) is 1. The minimum atomic E-state index is -0.587. The third-order valence-electron chi connectivity index (χ3n) is 4.34. The lowest BCUT2D eigenvalue weighted by Crippen LogP contribution is -2.19. The Morgan fingerprint density at radius 3 is 2.56 bits per heavy atom. The average Bonchev–Trinajstić information content (AvgIpc) is 3.15. The molecule has 3 N–H and O–H groups in total. The van der Waals surface area contributed by atoms with Gasteiger partial charge in [-0.05, 0) is 43.6 Å². The first-order chi connectivity index (χ1) is 13.0. The molecule has 2 amide bonds. The lowest BCUT2D eigenvalue weighted by atomic mass is 10.0. The molecule has 0 saturated carbocycles. The summed E-state index contributed by atoms with van der Waals surface area (Å²) < 4.78 is 0. The topological polar surface area (TPSA) is 113 Å². The summed E-state index contributed by atoms with van der Waals surface area (Å²) in [6.45, 7) is 1.67. The zero-order chi connectivity index (χ0) is 19.2. The Kier molecular flexibility index (Phi) is 5.77. The van der Waals surface area contributed by atoms with Crippen LogP contribution in [0.15, 0.2) is 48.5 Å². The molecular formula is C19H20N4O4. The van der Waals surface area contributed by atoms with Crippen molar-refractivity contribution in [3.8, 4) is 0 Å². The molecule has 27 heavy (non-hydrogen) atoms. The molecule has 3 rings (SSSR count). The molecule has 1 aliphatic rings. The number of anilines is 2. The Morgan fingerprint density at radius 1 is 1.11 bits per heavy atom. The number of para-hydroxylation sites is 1. The average molecular weight is 368 g/mol. The van der Waals surface area contributed by atoms with Crippen molar-refractivity contribution < 1.29 is 14.5 Å². The van der Waals surface area contributed by atoms with Gasteiger partial charge in [0.1, 0.15) is 0 Å². The number of nitro groups is 1. The van der Waals surface area contributed by atoms with Crippen LogP contribution in [0.1, 0.15) is 23.2 Å². The van der Waals surface area contributed by atoms with E-state index in [1.165, 1.54) is 18.2 Å². The van der Waals surface area contributed by atoms with E-state index < -0.39 is 10.8 Å². The van der Waals surface area contributed by atoms with Crippen molar-refractivity contribution in [1.82, 2.24) is 5.32 Å². The van der Waals surface area contributed by atoms with Gasteiger partial charge in [-0.3, -0.25) is 19.7 Å². The van der Waals surface area contributed by atoms with Crippen LogP contribution >= 0.6 is 0 Å². The Balaban J connectivity index is 1.76. The fraction of sp³-hybridized carbons (Fsp3) is 0.263. The molecule has 1 unspecified atom stereocenters. The first-order valence-corrected chi connectivity index (χ1v) is 8.68. The van der Waals surface area contributed by atoms with Gasteiger partial charge in [0.15, 0.2) is 0 Å². The predicted molar refractivity (Wildman–Crippen MR) is 102 cm³/mol. The van der Waals surface area contributed by atoms with Crippen LogP contribution in [0.25, 0.3) is 0 Å². The maximum Gasteiger partial charge on any atom is 0.272 e. The number of rotatable bonds is 6. The summed E-state index contributed by atoms with van der Waals surface area (Å²) in [4.78, 5) is 35.3. The largest absolute Gasteiger partial charge is 0.326 e. The number of hydrogen-bond acceptors (Lipinski definition) is 5. The first kappa shape index (κ1) is 18.5. The lowest BCUT2D eigenvalue weighted by Gasteiger charge is -2.11. The second-order valence-electron chi connectivity index (χ2n) is 6.46. The van der Waals surface area contributed by atoms with E-state index >= 15 is 0 Å². The van der Waals surface area contributed by atoms with E-state index in [2.05, 4.69) is 16.0 Å². The highest BCUT2D eigenvalue weighted by Crippen LogP contribution is 2.23. The molecule has 2 aromatic carbocycles. The van der Waals surface area contributed by atoms with Gasteiger partial charge in [-0.1, -0.05) is 18.2 Å². The molecule has 2 aromatic rings. The summed E-state index contributed by atoms with van der Waals surface area (Å²) in [5.41, 5.74) is 0.658. The van der Waals surface area contributed by atoms with Gasteiger partial charge >= 0.3 is 0 Å². The zero-order valence-corrected chi connectivity index (χ0v) is 14.6. The standard InChI is InChI=1S/C19H20N4O4/c24-18(8-13-6-7-20-12-13)21-16-9-14(10-17(11-16)23(26)27)19(25)22-15-4-2-1-3-5-15/h1-5,9-11,13,20H,6-8,12H2,(H,21,24)(H,22,25). The molecule has 1 fully saturated rings. The van der Waals surface area contributed by atoms with Crippen LogP contribution in [0.2, 0.25) is 0 Å². The van der Waals surface area contributed by atoms with Gasteiger partial charge in [0.05, 0.1) is 4.92 Å². The number of nitrogens with one attached hydrogen (secondary N) is 3. The maximum absolute atomic E-state index is 12.5. The molecule has 1 heterocycles. The van der Waals surface area contributed by atoms with Crippen molar-refractivity contribution in [2.24, 2.45) is 5.92 Å². The normalized spacial score (nSPS) is 15.9. The summed E-state index contributed by atoms with van der Waals surface area (Å²) in [5, 5.41) is 19.7. The molecule has 0 aromatic heterocycles. The smallest absolute Gasteiger partial charge is 0.272 e. The monoisotopic (exact) mass is 368 g/mol. The van der Waals surface area contributed by atoms with E-state index in [-0.39, 0.29) is 28.8 Å². The molecule has 1 aliphatic heterocycles. The molecule has 1 atom stereocenters. The van der Waals surface area contributed by atoms with Gasteiger partial charge in [0.25, 0.3) is 11.6 Å². The van der Waals surface area contributed by atoms with Crippen LogP contribution in [-0.4, -0.2) is 29.8 Å². The van der Waals surface area contributed by atoms with E-state index in [1.807, 2.05) is 6.07 Å². The van der Waals surface area contributed by atoms with Crippen LogP contribution in [0.5, 0.6) is 0 Å². The van der Waals surface area contributed by atoms with Crippen LogP contribution < -0.4 is 16.0 Å². The molecular weight excluding hydrogens is 348 g/mol. The highest BCUT2D eigenvalue weighted by molar-refractivity contribution is 6.06. The Bertz CT molecular complexity index is 848. The zero-order valence-electron chi connectivity index (χ0n) is 14.6. The van der Waals surface area contributed by atoms with Crippen molar-refractivity contribution in [2.45, 2.75) is 12.8 Å². The van der Waals surface area contributed by atoms with Crippen LogP contribution in [0.3, 0.4) is 0 Å². The van der Waals surface area contributed by atoms with E-state index in [9.17, 15) is 19.7 Å². The number of amides is 2. The van der Waals surface area contributed by atoms with Crippen molar-refractivity contribution in [2.75, 3.05) is 23.7 Å². The number of non-ortho nitro benzene ring substituents is 1. The highest BCUT2D eigenvalue weighted by Gasteiger charge is 2.20. The van der Waals surface area contributed by atoms with Crippen molar-refractivity contribution >= 4 is 28.9 Å². The SMILES string of the molecule is O=C(CC1CCNC1)Nc1cc(C(=O)Nc2ccccc2)cc([N+](=O)[O-])c1. The van der Waals surface area contributed by atoms with Gasteiger partial charge in [0.2, 0.25) is 5.91 Å². The minimum absolute atomic E-state index is 0.103. The van der Waals surface area contributed by atoms with Crippen LogP contribution in [-0.2, 0) is 4.79 Å². The van der Waals surface area contributed by atoms with E-state index in [1.54, 1.807) is 24.3 Å². The quantitative estimate of drug-likeness (QED) is 0.536. The molecule has 8 heteroatoms. The van der Waals surface area contributed by atoms with Gasteiger partial charge in [-0.2, -0.15) is 0 Å². The van der Waals surface area contributed by atoms with Crippen LogP contribution in [0, 0.1) is 16.0 Å². The van der Waals surface area contributed by atoms with E-state index in [4.69, 9.17) is 0 Å². The predicted octanol–water partition coefficient (Wildman–Crippen LogP) is 2.79. The highest BCUT2D eigenvalue weighted by atomic mass is 16.6. The Morgan fingerprint density at radius 2 is 1.89 bits per heavy atom. The molecule has 140 valence electrons. The minimum Gasteiger partial charge on any atom is -0.326 e. The van der Waals surface area contributed by atoms with Gasteiger partial charge in [-0.25, -0.2) is 0 Å². The molecule has 8 nitrogen and oxygen atoms in total. The summed E-state index contributed by atoms with van der Waals surface area (Å²) >= 11 is 0. The van der Waals surface area contributed by atoms with E-state index in [0.29, 0.717) is 12.1 Å². The Labute approximate surface area is 156 Å². The molecule has 0 spiro atoms. The lowest BCUT2D eigenvalue weighted by molar-refractivity contribution is -0.384. The Hall–Kier alpha value is -3.26. The van der Waals surface area contributed by atoms with E-state index in [0.717, 1.165) is 19.5 Å². The summed E-state index contributed by atoms with van der Waals surface area (Å²) in [6, 6.07) is 12.7. The summed E-state index contributed by atoms with van der Waals surface area (Å²) in [6.07, 6.45) is 1.26. The summed E-state index contributed by atoms with van der Waals surface area (Å²) in [7, 11) is 0. The molecule has 0 bridgehead atoms. The first-order valence-electron chi connectivity index (χ1n) is 8.68. The number of carbonyl (C=O) groups is 2.